The number of imidazole rings is 1. The van der Waals surface area contributed by atoms with Gasteiger partial charge in [0.15, 0.2) is 5.16 Å². The van der Waals surface area contributed by atoms with Gasteiger partial charge in [-0.3, -0.25) is 9.36 Å². The number of carbonyl (C=O) groups excluding carboxylic acids is 1. The number of nitrogens with one attached hydrogen (secondary N) is 1. The van der Waals surface area contributed by atoms with Crippen LogP contribution in [-0.2, 0) is 4.79 Å². The van der Waals surface area contributed by atoms with Crippen molar-refractivity contribution in [3.05, 3.63) is 60.9 Å². The highest BCUT2D eigenvalue weighted by atomic mass is 32.2. The Balaban J connectivity index is 1.63. The highest BCUT2D eigenvalue weighted by Gasteiger charge is 2.10. The monoisotopic (exact) mass is 385 g/mol. The molecule has 3 rings (SSSR count). The van der Waals surface area contributed by atoms with E-state index < -0.39 is 0 Å². The Morgan fingerprint density at radius 1 is 1.23 bits per heavy atom. The van der Waals surface area contributed by atoms with Crippen LogP contribution in [0.15, 0.2) is 71.0 Å². The Kier molecular flexibility index (Phi) is 6.25. The van der Waals surface area contributed by atoms with E-state index in [0.29, 0.717) is 0 Å². The van der Waals surface area contributed by atoms with Gasteiger partial charge in [-0.1, -0.05) is 17.8 Å². The number of hydrogen-bond donors (Lipinski definition) is 1. The van der Waals surface area contributed by atoms with Crippen LogP contribution < -0.4 is 10.1 Å². The lowest BCUT2D eigenvalue weighted by atomic mass is 10.3. The van der Waals surface area contributed by atoms with Crippen LogP contribution in [0.25, 0.3) is 5.69 Å². The van der Waals surface area contributed by atoms with Crippen molar-refractivity contribution in [3.63, 3.8) is 0 Å². The first-order valence-corrected chi connectivity index (χ1v) is 10.1. The summed E-state index contributed by atoms with van der Waals surface area (Å²) in [7, 11) is 1.64. The predicted molar refractivity (Wildman–Crippen MR) is 108 cm³/mol. The van der Waals surface area contributed by atoms with Crippen LogP contribution in [0.5, 0.6) is 5.75 Å². The lowest BCUT2D eigenvalue weighted by Gasteiger charge is -2.09. The zero-order valence-electron chi connectivity index (χ0n) is 14.5. The summed E-state index contributed by atoms with van der Waals surface area (Å²) >= 11 is 3.04. The number of methoxy groups -OCH3 is 1. The zero-order valence-corrected chi connectivity index (χ0v) is 16.1. The van der Waals surface area contributed by atoms with E-state index in [4.69, 9.17) is 4.74 Å². The number of aromatic nitrogens is 2. The summed E-state index contributed by atoms with van der Waals surface area (Å²) in [5.41, 5.74) is 1.78. The van der Waals surface area contributed by atoms with Gasteiger partial charge in [0.25, 0.3) is 0 Å². The largest absolute Gasteiger partial charge is 0.497 e. The molecule has 1 amide bonds. The van der Waals surface area contributed by atoms with Gasteiger partial charge in [0.2, 0.25) is 5.91 Å². The van der Waals surface area contributed by atoms with Crippen molar-refractivity contribution in [1.29, 1.82) is 0 Å². The molecule has 1 heterocycles. The Morgan fingerprint density at radius 2 is 2.04 bits per heavy atom. The number of benzene rings is 2. The maximum Gasteiger partial charge on any atom is 0.234 e. The molecule has 0 radical (unpaired) electrons. The van der Waals surface area contributed by atoms with Crippen molar-refractivity contribution in [2.24, 2.45) is 0 Å². The second kappa shape index (κ2) is 8.82. The van der Waals surface area contributed by atoms with E-state index in [1.807, 2.05) is 65.6 Å². The molecule has 0 bridgehead atoms. The summed E-state index contributed by atoms with van der Waals surface area (Å²) in [6.45, 7) is 0. The molecule has 26 heavy (non-hydrogen) atoms. The van der Waals surface area contributed by atoms with Crippen molar-refractivity contribution in [3.8, 4) is 11.4 Å². The lowest BCUT2D eigenvalue weighted by molar-refractivity contribution is -0.113. The van der Waals surface area contributed by atoms with Crippen molar-refractivity contribution in [2.45, 2.75) is 10.1 Å². The minimum absolute atomic E-state index is 0.0578. The normalized spacial score (nSPS) is 10.5. The number of amides is 1. The first-order valence-electron chi connectivity index (χ1n) is 7.94. The van der Waals surface area contributed by atoms with Crippen LogP contribution in [0.4, 0.5) is 5.69 Å². The Hall–Kier alpha value is -2.38. The molecule has 0 spiro atoms. The van der Waals surface area contributed by atoms with Crippen molar-refractivity contribution in [2.75, 3.05) is 24.4 Å². The van der Waals surface area contributed by atoms with E-state index in [9.17, 15) is 4.79 Å². The smallest absolute Gasteiger partial charge is 0.234 e. The van der Waals surface area contributed by atoms with Crippen molar-refractivity contribution < 1.29 is 9.53 Å². The van der Waals surface area contributed by atoms with E-state index in [0.717, 1.165) is 27.2 Å². The third kappa shape index (κ3) is 4.62. The number of hydrogen-bond acceptors (Lipinski definition) is 5. The standard InChI is InChI=1S/C19H19N3O2S2/c1-24-16-8-6-15(7-9-16)22-11-10-20-19(22)26-13-18(23)21-14-4-3-5-17(12-14)25-2/h3-12H,13H2,1-2H3,(H,21,23). The molecule has 0 aliphatic rings. The Morgan fingerprint density at radius 3 is 2.77 bits per heavy atom. The summed E-state index contributed by atoms with van der Waals surface area (Å²) in [4.78, 5) is 17.7. The molecule has 1 N–H and O–H groups in total. The number of anilines is 1. The van der Waals surface area contributed by atoms with Crippen LogP contribution in [0, 0.1) is 0 Å². The van der Waals surface area contributed by atoms with E-state index >= 15 is 0 Å². The van der Waals surface area contributed by atoms with E-state index in [2.05, 4.69) is 10.3 Å². The summed E-state index contributed by atoms with van der Waals surface area (Å²) in [6, 6.07) is 15.5. The molecule has 1 aromatic heterocycles. The van der Waals surface area contributed by atoms with Gasteiger partial charge in [-0.25, -0.2) is 4.98 Å². The van der Waals surface area contributed by atoms with E-state index in [1.165, 1.54) is 11.8 Å². The molecule has 0 atom stereocenters. The number of thioether (sulfide) groups is 2. The molecule has 3 aromatic rings. The molecule has 2 aromatic carbocycles. The molecule has 0 aliphatic carbocycles. The SMILES string of the molecule is COc1ccc(-n2ccnc2SCC(=O)Nc2cccc(SC)c2)cc1. The van der Waals surface area contributed by atoms with Crippen molar-refractivity contribution in [1.82, 2.24) is 9.55 Å². The number of ether oxygens (including phenoxy) is 1. The topological polar surface area (TPSA) is 56.2 Å². The summed E-state index contributed by atoms with van der Waals surface area (Å²) in [6.07, 6.45) is 5.62. The fourth-order valence-electron chi connectivity index (χ4n) is 2.36. The van der Waals surface area contributed by atoms with E-state index in [-0.39, 0.29) is 11.7 Å². The number of rotatable bonds is 7. The van der Waals surface area contributed by atoms with Gasteiger partial charge in [-0.15, -0.1) is 11.8 Å². The maximum absolute atomic E-state index is 12.2. The van der Waals surface area contributed by atoms with Crippen LogP contribution in [0.2, 0.25) is 0 Å². The molecule has 0 aliphatic heterocycles. The van der Waals surface area contributed by atoms with Crippen molar-refractivity contribution >= 4 is 35.1 Å². The van der Waals surface area contributed by atoms with Gasteiger partial charge < -0.3 is 10.1 Å². The average Bonchev–Trinajstić information content (AvgIpc) is 3.15. The van der Waals surface area contributed by atoms with Gasteiger partial charge in [-0.05, 0) is 48.7 Å². The highest BCUT2D eigenvalue weighted by molar-refractivity contribution is 7.99. The van der Waals surface area contributed by atoms with Gasteiger partial charge in [0, 0.05) is 28.7 Å². The average molecular weight is 386 g/mol. The van der Waals surface area contributed by atoms with Crippen LogP contribution in [-0.4, -0.2) is 34.6 Å². The molecule has 134 valence electrons. The fourth-order valence-corrected chi connectivity index (χ4v) is 3.60. The van der Waals surface area contributed by atoms with Gasteiger partial charge in [0.1, 0.15) is 5.75 Å². The molecule has 0 saturated carbocycles. The Labute approximate surface area is 161 Å². The fraction of sp³-hybridized carbons (Fsp3) is 0.158. The highest BCUT2D eigenvalue weighted by Crippen LogP contribution is 2.23. The maximum atomic E-state index is 12.2. The number of nitrogens with zero attached hydrogens (tertiary/aromatic N) is 2. The third-order valence-electron chi connectivity index (χ3n) is 3.64. The Bertz CT molecular complexity index is 879. The molecule has 0 fully saturated rings. The van der Waals surface area contributed by atoms with Crippen LogP contribution >= 0.6 is 23.5 Å². The molecule has 7 heteroatoms. The first-order chi connectivity index (χ1) is 12.7. The first kappa shape index (κ1) is 18.4. The van der Waals surface area contributed by atoms with Crippen LogP contribution in [0.3, 0.4) is 0 Å². The second-order valence-corrected chi connectivity index (χ2v) is 7.17. The zero-order chi connectivity index (χ0) is 18.4. The van der Waals surface area contributed by atoms with Gasteiger partial charge in [0.05, 0.1) is 12.9 Å². The van der Waals surface area contributed by atoms with Crippen LogP contribution in [0.1, 0.15) is 0 Å². The van der Waals surface area contributed by atoms with E-state index in [1.54, 1.807) is 25.1 Å². The summed E-state index contributed by atoms with van der Waals surface area (Å²) in [5, 5.41) is 3.69. The third-order valence-corrected chi connectivity index (χ3v) is 5.34. The second-order valence-electron chi connectivity index (χ2n) is 5.35. The minimum Gasteiger partial charge on any atom is -0.497 e. The number of carbonyl (C=O) groups is 1. The molecular weight excluding hydrogens is 366 g/mol. The predicted octanol–water partition coefficient (Wildman–Crippen LogP) is 4.33. The molecule has 0 unspecified atom stereocenters. The molecule has 5 nitrogen and oxygen atoms in total. The quantitative estimate of drug-likeness (QED) is 0.614. The summed E-state index contributed by atoms with van der Waals surface area (Å²) < 4.78 is 7.13. The lowest BCUT2D eigenvalue weighted by Crippen LogP contribution is -2.14. The molecular formula is C19H19N3O2S2. The summed E-state index contributed by atoms with van der Waals surface area (Å²) in [5.74, 6) is 1.03. The van der Waals surface area contributed by atoms with Gasteiger partial charge >= 0.3 is 0 Å². The van der Waals surface area contributed by atoms with Gasteiger partial charge in [-0.2, -0.15) is 0 Å². The minimum atomic E-state index is -0.0578. The molecule has 0 saturated heterocycles.